The highest BCUT2D eigenvalue weighted by Crippen LogP contribution is 2.34. The van der Waals surface area contributed by atoms with E-state index in [0.717, 1.165) is 24.4 Å². The summed E-state index contributed by atoms with van der Waals surface area (Å²) in [5, 5.41) is 6.96. The monoisotopic (exact) mass is 234 g/mol. The third-order valence-electron chi connectivity index (χ3n) is 2.97. The van der Waals surface area contributed by atoms with Crippen LogP contribution in [0.25, 0.3) is 0 Å². The van der Waals surface area contributed by atoms with E-state index >= 15 is 0 Å². The van der Waals surface area contributed by atoms with Crippen molar-refractivity contribution in [3.63, 3.8) is 0 Å². The standard InChI is InChI=1S/C11H14N4O2/c1-7-5-12-9(16-7)6-13-11-14-10(15-17-11)8-3-2-4-8/h5,8H,2-4,6H2,1H3,(H,13,14,15). The highest BCUT2D eigenvalue weighted by Gasteiger charge is 2.24. The molecule has 1 aliphatic rings. The van der Waals surface area contributed by atoms with Crippen molar-refractivity contribution in [3.8, 4) is 0 Å². The summed E-state index contributed by atoms with van der Waals surface area (Å²) in [6.07, 6.45) is 5.28. The lowest BCUT2D eigenvalue weighted by atomic mass is 9.85. The summed E-state index contributed by atoms with van der Waals surface area (Å²) in [5.74, 6) is 2.70. The largest absolute Gasteiger partial charge is 0.444 e. The SMILES string of the molecule is Cc1cnc(CNc2nc(C3CCC3)no2)o1. The van der Waals surface area contributed by atoms with Gasteiger partial charge < -0.3 is 14.3 Å². The lowest BCUT2D eigenvalue weighted by Gasteiger charge is -2.20. The van der Waals surface area contributed by atoms with Gasteiger partial charge in [-0.1, -0.05) is 11.6 Å². The van der Waals surface area contributed by atoms with Crippen molar-refractivity contribution in [1.82, 2.24) is 15.1 Å². The van der Waals surface area contributed by atoms with E-state index in [-0.39, 0.29) is 0 Å². The van der Waals surface area contributed by atoms with Crippen LogP contribution in [-0.2, 0) is 6.54 Å². The molecule has 0 radical (unpaired) electrons. The van der Waals surface area contributed by atoms with Gasteiger partial charge in [0.05, 0.1) is 12.7 Å². The molecule has 0 saturated heterocycles. The van der Waals surface area contributed by atoms with Crippen molar-refractivity contribution in [2.45, 2.75) is 38.6 Å². The molecule has 2 aromatic rings. The summed E-state index contributed by atoms with van der Waals surface area (Å²) in [6, 6.07) is 0.433. The molecule has 0 aromatic carbocycles. The minimum atomic E-state index is 0.433. The van der Waals surface area contributed by atoms with Crippen LogP contribution >= 0.6 is 0 Å². The molecule has 1 fully saturated rings. The van der Waals surface area contributed by atoms with Gasteiger partial charge in [-0.2, -0.15) is 4.98 Å². The molecule has 1 saturated carbocycles. The van der Waals surface area contributed by atoms with Gasteiger partial charge in [0.1, 0.15) is 5.76 Å². The number of nitrogens with zero attached hydrogens (tertiary/aromatic N) is 3. The quantitative estimate of drug-likeness (QED) is 0.874. The van der Waals surface area contributed by atoms with Gasteiger partial charge in [-0.3, -0.25) is 0 Å². The smallest absolute Gasteiger partial charge is 0.321 e. The van der Waals surface area contributed by atoms with Crippen LogP contribution in [-0.4, -0.2) is 15.1 Å². The van der Waals surface area contributed by atoms with E-state index in [1.165, 1.54) is 6.42 Å². The molecule has 1 aliphatic carbocycles. The second-order valence-corrected chi connectivity index (χ2v) is 4.30. The molecule has 2 heterocycles. The molecule has 0 unspecified atom stereocenters. The molecule has 3 rings (SSSR count). The summed E-state index contributed by atoms with van der Waals surface area (Å²) < 4.78 is 10.4. The number of nitrogens with one attached hydrogen (secondary N) is 1. The van der Waals surface area contributed by atoms with Crippen LogP contribution < -0.4 is 5.32 Å². The number of hydrogen-bond donors (Lipinski definition) is 1. The fourth-order valence-corrected chi connectivity index (χ4v) is 1.77. The van der Waals surface area contributed by atoms with Crippen LogP contribution in [0.3, 0.4) is 0 Å². The zero-order valence-corrected chi connectivity index (χ0v) is 9.64. The van der Waals surface area contributed by atoms with Crippen LogP contribution in [0.5, 0.6) is 0 Å². The fraction of sp³-hybridized carbons (Fsp3) is 0.545. The Bertz CT molecular complexity index is 501. The third kappa shape index (κ3) is 2.15. The Morgan fingerprint density at radius 1 is 1.47 bits per heavy atom. The molecule has 6 nitrogen and oxygen atoms in total. The van der Waals surface area contributed by atoms with Gasteiger partial charge in [0.2, 0.25) is 5.89 Å². The molecular weight excluding hydrogens is 220 g/mol. The van der Waals surface area contributed by atoms with Gasteiger partial charge in [-0.05, 0) is 19.8 Å². The van der Waals surface area contributed by atoms with Crippen LogP contribution in [0.15, 0.2) is 15.1 Å². The first-order valence-electron chi connectivity index (χ1n) is 5.80. The van der Waals surface area contributed by atoms with Crippen LogP contribution in [0.4, 0.5) is 6.01 Å². The Kier molecular flexibility index (Phi) is 2.55. The van der Waals surface area contributed by atoms with Crippen molar-refractivity contribution in [2.24, 2.45) is 0 Å². The number of aromatic nitrogens is 3. The molecule has 17 heavy (non-hydrogen) atoms. The molecule has 0 aliphatic heterocycles. The molecule has 0 atom stereocenters. The maximum absolute atomic E-state index is 5.33. The molecule has 0 spiro atoms. The van der Waals surface area contributed by atoms with Crippen molar-refractivity contribution >= 4 is 6.01 Å². The summed E-state index contributed by atoms with van der Waals surface area (Å²) >= 11 is 0. The van der Waals surface area contributed by atoms with E-state index in [4.69, 9.17) is 8.94 Å². The lowest BCUT2D eigenvalue weighted by Crippen LogP contribution is -2.10. The van der Waals surface area contributed by atoms with Gasteiger partial charge in [0, 0.05) is 5.92 Å². The summed E-state index contributed by atoms with van der Waals surface area (Å²) in [5.41, 5.74) is 0. The van der Waals surface area contributed by atoms with E-state index < -0.39 is 0 Å². The van der Waals surface area contributed by atoms with E-state index in [0.29, 0.717) is 24.4 Å². The molecular formula is C11H14N4O2. The maximum Gasteiger partial charge on any atom is 0.321 e. The van der Waals surface area contributed by atoms with Crippen molar-refractivity contribution in [3.05, 3.63) is 23.7 Å². The Morgan fingerprint density at radius 2 is 2.35 bits per heavy atom. The minimum absolute atomic E-state index is 0.433. The molecule has 0 bridgehead atoms. The predicted molar refractivity (Wildman–Crippen MR) is 59.5 cm³/mol. The fourth-order valence-electron chi connectivity index (χ4n) is 1.77. The van der Waals surface area contributed by atoms with Gasteiger partial charge >= 0.3 is 6.01 Å². The molecule has 6 heteroatoms. The topological polar surface area (TPSA) is 77.0 Å². The second kappa shape index (κ2) is 4.20. The van der Waals surface area contributed by atoms with Gasteiger partial charge in [0.25, 0.3) is 0 Å². The molecule has 1 N–H and O–H groups in total. The highest BCUT2D eigenvalue weighted by molar-refractivity contribution is 5.20. The Morgan fingerprint density at radius 3 is 3.00 bits per heavy atom. The zero-order chi connectivity index (χ0) is 11.7. The Labute approximate surface area is 98.4 Å². The van der Waals surface area contributed by atoms with Gasteiger partial charge in [-0.15, -0.1) is 0 Å². The molecule has 0 amide bonds. The number of hydrogen-bond acceptors (Lipinski definition) is 6. The Hall–Kier alpha value is -1.85. The van der Waals surface area contributed by atoms with E-state index in [1.54, 1.807) is 6.20 Å². The highest BCUT2D eigenvalue weighted by atomic mass is 16.5. The lowest BCUT2D eigenvalue weighted by molar-refractivity contribution is 0.365. The predicted octanol–water partition coefficient (Wildman–Crippen LogP) is 2.25. The van der Waals surface area contributed by atoms with Crippen molar-refractivity contribution in [1.29, 1.82) is 0 Å². The van der Waals surface area contributed by atoms with Crippen LogP contribution in [0.2, 0.25) is 0 Å². The second-order valence-electron chi connectivity index (χ2n) is 4.30. The number of aryl methyl sites for hydroxylation is 1. The van der Waals surface area contributed by atoms with Gasteiger partial charge in [0.15, 0.2) is 5.82 Å². The Balaban J connectivity index is 1.59. The maximum atomic E-state index is 5.33. The zero-order valence-electron chi connectivity index (χ0n) is 9.64. The number of anilines is 1. The average molecular weight is 234 g/mol. The number of oxazole rings is 1. The normalized spacial score (nSPS) is 15.8. The number of rotatable bonds is 4. The first-order chi connectivity index (χ1) is 8.31. The first-order valence-corrected chi connectivity index (χ1v) is 5.80. The summed E-state index contributed by atoms with van der Waals surface area (Å²) in [7, 11) is 0. The van der Waals surface area contributed by atoms with Crippen molar-refractivity contribution in [2.75, 3.05) is 5.32 Å². The van der Waals surface area contributed by atoms with Crippen LogP contribution in [0, 0.1) is 6.92 Å². The van der Waals surface area contributed by atoms with Gasteiger partial charge in [-0.25, -0.2) is 4.98 Å². The third-order valence-corrected chi connectivity index (χ3v) is 2.97. The van der Waals surface area contributed by atoms with E-state index in [1.807, 2.05) is 6.92 Å². The first kappa shape index (κ1) is 10.3. The van der Waals surface area contributed by atoms with Crippen LogP contribution in [0.1, 0.15) is 42.7 Å². The molecule has 90 valence electrons. The molecule has 2 aromatic heterocycles. The minimum Gasteiger partial charge on any atom is -0.444 e. The van der Waals surface area contributed by atoms with E-state index in [2.05, 4.69) is 20.4 Å². The van der Waals surface area contributed by atoms with Crippen molar-refractivity contribution < 1.29 is 8.94 Å². The average Bonchev–Trinajstić information content (AvgIpc) is 2.82. The van der Waals surface area contributed by atoms with E-state index in [9.17, 15) is 0 Å². The summed E-state index contributed by atoms with van der Waals surface area (Å²) in [4.78, 5) is 8.38. The summed E-state index contributed by atoms with van der Waals surface area (Å²) in [6.45, 7) is 2.32.